The Kier molecular flexibility index (Phi) is 3.87. The molecule has 0 aliphatic carbocycles. The van der Waals surface area contributed by atoms with E-state index in [2.05, 4.69) is 15.9 Å². The normalized spacial score (nSPS) is 9.36. The average Bonchev–Trinajstić information content (AvgIpc) is 2.25. The molecule has 3 heteroatoms. The molecule has 0 saturated heterocycles. The van der Waals surface area contributed by atoms with Gasteiger partial charge in [0, 0.05) is 17.0 Å². The van der Waals surface area contributed by atoms with Gasteiger partial charge in [-0.15, -0.1) is 6.42 Å². The number of nitrogens with zero attached hydrogens (tertiary/aromatic N) is 3. The summed E-state index contributed by atoms with van der Waals surface area (Å²) in [5.74, 6) is 2.54. The van der Waals surface area contributed by atoms with Gasteiger partial charge in [0.1, 0.15) is 0 Å². The minimum Gasteiger partial charge on any atom is -0.115 e. The summed E-state index contributed by atoms with van der Waals surface area (Å²) in [4.78, 5) is 2.64. The molecule has 0 atom stereocenters. The minimum absolute atomic E-state index is 0.368. The minimum atomic E-state index is 0.368. The Bertz CT molecular complexity index is 403. The summed E-state index contributed by atoms with van der Waals surface area (Å²) in [7, 11) is 0. The molecule has 0 radical (unpaired) electrons. The van der Waals surface area contributed by atoms with Gasteiger partial charge < -0.3 is 0 Å². The fraction of sp³-hybridized carbons (Fsp3) is 0.0909. The zero-order chi connectivity index (χ0) is 10.2. The predicted octanol–water partition coefficient (Wildman–Crippen LogP) is 2.99. The molecule has 14 heavy (non-hydrogen) atoms. The average molecular weight is 183 g/mol. The van der Waals surface area contributed by atoms with Gasteiger partial charge in [-0.05, 0) is 23.2 Å². The van der Waals surface area contributed by atoms with Gasteiger partial charge in [0.05, 0.1) is 0 Å². The second-order valence-electron chi connectivity index (χ2n) is 2.58. The third kappa shape index (κ3) is 3.06. The van der Waals surface area contributed by atoms with Crippen LogP contribution in [0.15, 0.2) is 35.5 Å². The van der Waals surface area contributed by atoms with E-state index in [4.69, 9.17) is 12.0 Å². The monoisotopic (exact) mass is 183 g/mol. The summed E-state index contributed by atoms with van der Waals surface area (Å²) >= 11 is 0. The van der Waals surface area contributed by atoms with E-state index in [0.717, 1.165) is 11.1 Å². The highest BCUT2D eigenvalue weighted by molar-refractivity contribution is 5.51. The molecular formula is C11H9N3. The molecule has 0 aliphatic heterocycles. The second kappa shape index (κ2) is 5.47. The van der Waals surface area contributed by atoms with E-state index in [-0.39, 0.29) is 0 Å². The highest BCUT2D eigenvalue weighted by Gasteiger charge is 1.86. The van der Waals surface area contributed by atoms with Crippen LogP contribution in [-0.2, 0) is 0 Å². The van der Waals surface area contributed by atoms with Crippen LogP contribution in [0.3, 0.4) is 0 Å². The molecule has 0 heterocycles. The fourth-order valence-electron chi connectivity index (χ4n) is 0.963. The largest absolute Gasteiger partial charge is 0.115 e. The Morgan fingerprint density at radius 3 is 2.71 bits per heavy atom. The summed E-state index contributed by atoms with van der Waals surface area (Å²) in [5.41, 5.74) is 9.93. The molecule has 1 rings (SSSR count). The third-order valence-electron chi connectivity index (χ3n) is 1.64. The molecule has 0 aliphatic rings. The number of benzene rings is 1. The highest BCUT2D eigenvalue weighted by Crippen LogP contribution is 2.04. The van der Waals surface area contributed by atoms with E-state index in [9.17, 15) is 0 Å². The van der Waals surface area contributed by atoms with Crippen molar-refractivity contribution >= 4 is 6.08 Å². The molecule has 0 N–H and O–H groups in total. The topological polar surface area (TPSA) is 48.8 Å². The summed E-state index contributed by atoms with van der Waals surface area (Å²) < 4.78 is 0. The Balaban J connectivity index is 2.65. The van der Waals surface area contributed by atoms with Crippen molar-refractivity contribution in [1.82, 2.24) is 0 Å². The van der Waals surface area contributed by atoms with Crippen LogP contribution in [0.25, 0.3) is 16.5 Å². The van der Waals surface area contributed by atoms with Gasteiger partial charge in [-0.2, -0.15) is 0 Å². The van der Waals surface area contributed by atoms with Crippen LogP contribution in [-0.4, -0.2) is 6.54 Å². The van der Waals surface area contributed by atoms with Gasteiger partial charge >= 0.3 is 0 Å². The molecule has 0 saturated carbocycles. The van der Waals surface area contributed by atoms with Crippen molar-refractivity contribution in [3.8, 4) is 12.3 Å². The lowest BCUT2D eigenvalue weighted by Gasteiger charge is -1.92. The van der Waals surface area contributed by atoms with Gasteiger partial charge in [-0.25, -0.2) is 0 Å². The Morgan fingerprint density at radius 1 is 1.43 bits per heavy atom. The van der Waals surface area contributed by atoms with Gasteiger partial charge in [0.15, 0.2) is 0 Å². The van der Waals surface area contributed by atoms with E-state index in [0.29, 0.717) is 6.54 Å². The molecule has 0 unspecified atom stereocenters. The van der Waals surface area contributed by atoms with Crippen LogP contribution in [0.1, 0.15) is 11.1 Å². The van der Waals surface area contributed by atoms with Crippen LogP contribution < -0.4 is 0 Å². The first-order chi connectivity index (χ1) is 6.86. The third-order valence-corrected chi connectivity index (χ3v) is 1.64. The van der Waals surface area contributed by atoms with E-state index in [1.54, 1.807) is 6.08 Å². The quantitative estimate of drug-likeness (QED) is 0.299. The summed E-state index contributed by atoms with van der Waals surface area (Å²) in [5, 5.41) is 3.38. The van der Waals surface area contributed by atoms with Gasteiger partial charge in [-0.1, -0.05) is 35.3 Å². The maximum atomic E-state index is 8.03. The number of rotatable bonds is 3. The van der Waals surface area contributed by atoms with Crippen LogP contribution in [0.5, 0.6) is 0 Å². The maximum Gasteiger partial charge on any atom is 0.0443 e. The van der Waals surface area contributed by atoms with Crippen molar-refractivity contribution < 1.29 is 0 Å². The van der Waals surface area contributed by atoms with Gasteiger partial charge in [-0.3, -0.25) is 0 Å². The standard InChI is InChI=1S/C11H9N3/c1-2-10-5-7-11(8-6-10)4-3-9-13-14-12/h1,3-8H,9H2. The maximum absolute atomic E-state index is 8.03. The summed E-state index contributed by atoms with van der Waals surface area (Å²) in [6.45, 7) is 0.368. The van der Waals surface area contributed by atoms with Crippen molar-refractivity contribution in [2.75, 3.05) is 6.54 Å². The Morgan fingerprint density at radius 2 is 2.14 bits per heavy atom. The van der Waals surface area contributed by atoms with E-state index >= 15 is 0 Å². The lowest BCUT2D eigenvalue weighted by Crippen LogP contribution is -1.75. The summed E-state index contributed by atoms with van der Waals surface area (Å²) in [6.07, 6.45) is 8.90. The van der Waals surface area contributed by atoms with Gasteiger partial charge in [0.25, 0.3) is 0 Å². The van der Waals surface area contributed by atoms with Crippen LogP contribution in [0.2, 0.25) is 0 Å². The summed E-state index contributed by atoms with van der Waals surface area (Å²) in [6, 6.07) is 7.57. The smallest absolute Gasteiger partial charge is 0.0443 e. The van der Waals surface area contributed by atoms with Crippen molar-refractivity contribution in [1.29, 1.82) is 0 Å². The Hall–Kier alpha value is -2.17. The zero-order valence-corrected chi connectivity index (χ0v) is 7.59. The SMILES string of the molecule is C#Cc1ccc(C=CCN=[N+]=[N-])cc1. The lowest BCUT2D eigenvalue weighted by molar-refractivity contribution is 1.22. The van der Waals surface area contributed by atoms with Crippen LogP contribution in [0, 0.1) is 12.3 Å². The molecule has 3 nitrogen and oxygen atoms in total. The zero-order valence-electron chi connectivity index (χ0n) is 7.59. The lowest BCUT2D eigenvalue weighted by atomic mass is 10.1. The molecule has 0 spiro atoms. The van der Waals surface area contributed by atoms with Crippen molar-refractivity contribution in [2.45, 2.75) is 0 Å². The van der Waals surface area contributed by atoms with Crippen molar-refractivity contribution in [3.63, 3.8) is 0 Å². The highest BCUT2D eigenvalue weighted by atomic mass is 15.1. The van der Waals surface area contributed by atoms with Crippen molar-refractivity contribution in [3.05, 3.63) is 51.9 Å². The molecule has 1 aromatic rings. The molecule has 0 aromatic heterocycles. The number of azide groups is 1. The van der Waals surface area contributed by atoms with E-state index < -0.39 is 0 Å². The first-order valence-corrected chi connectivity index (χ1v) is 4.11. The molecule has 0 bridgehead atoms. The molecular weight excluding hydrogens is 174 g/mol. The first kappa shape index (κ1) is 9.91. The van der Waals surface area contributed by atoms with Gasteiger partial charge in [0.2, 0.25) is 0 Å². The van der Waals surface area contributed by atoms with Crippen LogP contribution in [0.4, 0.5) is 0 Å². The number of terminal acetylenes is 1. The molecule has 0 fully saturated rings. The molecule has 1 aromatic carbocycles. The predicted molar refractivity (Wildman–Crippen MR) is 57.4 cm³/mol. The van der Waals surface area contributed by atoms with Crippen molar-refractivity contribution in [2.24, 2.45) is 5.11 Å². The Labute approximate surface area is 82.7 Å². The van der Waals surface area contributed by atoms with E-state index in [1.807, 2.05) is 30.3 Å². The molecule has 0 amide bonds. The second-order valence-corrected chi connectivity index (χ2v) is 2.58. The van der Waals surface area contributed by atoms with E-state index in [1.165, 1.54) is 0 Å². The molecule has 68 valence electrons. The number of hydrogen-bond donors (Lipinski definition) is 0. The fourth-order valence-corrected chi connectivity index (χ4v) is 0.963. The van der Waals surface area contributed by atoms with Crippen LogP contribution >= 0.6 is 0 Å². The number of hydrogen-bond acceptors (Lipinski definition) is 1. The first-order valence-electron chi connectivity index (χ1n) is 4.11.